The molecule has 0 saturated heterocycles. The fourth-order valence-corrected chi connectivity index (χ4v) is 3.59. The lowest BCUT2D eigenvalue weighted by Crippen LogP contribution is -2.18. The topological polar surface area (TPSA) is 58.4 Å². The van der Waals surface area contributed by atoms with Gasteiger partial charge in [-0.05, 0) is 51.4 Å². The summed E-state index contributed by atoms with van der Waals surface area (Å²) in [6.45, 7) is 1.65. The van der Waals surface area contributed by atoms with E-state index in [4.69, 9.17) is 11.6 Å². The maximum atomic E-state index is 13.4. The molecule has 9 heteroatoms. The molecule has 0 amide bonds. The highest BCUT2D eigenvalue weighted by molar-refractivity contribution is 6.35. The quantitative estimate of drug-likeness (QED) is 0.555. The number of hydrogen-bond donors (Lipinski definition) is 1. The van der Waals surface area contributed by atoms with Crippen LogP contribution in [-0.4, -0.2) is 39.4 Å². The average Bonchev–Trinajstić information content (AvgIpc) is 3.00. The molecule has 0 aliphatic heterocycles. The monoisotopic (exact) mass is 451 g/mol. The molecule has 2 aromatic carbocycles. The lowest BCUT2D eigenvalue weighted by molar-refractivity contribution is -0.137. The molecule has 0 unspecified atom stereocenters. The first-order valence-corrected chi connectivity index (χ1v) is 9.76. The van der Waals surface area contributed by atoms with Gasteiger partial charge in [-0.15, -0.1) is 0 Å². The van der Waals surface area contributed by atoms with Gasteiger partial charge < -0.3 is 10.0 Å². The Bertz CT molecular complexity index is 1120. The van der Waals surface area contributed by atoms with Crippen LogP contribution in [0.3, 0.4) is 0 Å². The molecule has 1 heterocycles. The van der Waals surface area contributed by atoms with Crippen LogP contribution in [0.15, 0.2) is 42.5 Å². The highest BCUT2D eigenvalue weighted by Crippen LogP contribution is 2.34. The molecule has 0 spiro atoms. The summed E-state index contributed by atoms with van der Waals surface area (Å²) in [6, 6.07) is 9.13. The molecule has 0 bridgehead atoms. The molecule has 5 nitrogen and oxygen atoms in total. The molecule has 0 atom stereocenters. The number of carbonyl (C=O) groups excluding carboxylic acids is 1. The number of aliphatic hydroxyl groups is 1. The fraction of sp³-hybridized carbons (Fsp3) is 0.273. The van der Waals surface area contributed by atoms with Gasteiger partial charge >= 0.3 is 6.18 Å². The van der Waals surface area contributed by atoms with E-state index < -0.39 is 24.1 Å². The second-order valence-corrected chi connectivity index (χ2v) is 7.74. The summed E-state index contributed by atoms with van der Waals surface area (Å²) in [4.78, 5) is 19.6. The number of rotatable bonds is 6. The zero-order valence-corrected chi connectivity index (χ0v) is 17.9. The summed E-state index contributed by atoms with van der Waals surface area (Å²) in [6.07, 6.45) is -4.63. The first kappa shape index (κ1) is 23.0. The third-order valence-electron chi connectivity index (χ3n) is 4.78. The third kappa shape index (κ3) is 4.66. The van der Waals surface area contributed by atoms with E-state index in [2.05, 4.69) is 4.98 Å². The van der Waals surface area contributed by atoms with Gasteiger partial charge in [-0.2, -0.15) is 13.2 Å². The summed E-state index contributed by atoms with van der Waals surface area (Å²) in [7, 11) is 3.63. The molecule has 0 saturated carbocycles. The van der Waals surface area contributed by atoms with Gasteiger partial charge in [0.05, 0.1) is 40.8 Å². The molecule has 164 valence electrons. The summed E-state index contributed by atoms with van der Waals surface area (Å²) in [5.41, 5.74) is 0.0548. The molecule has 3 rings (SSSR count). The zero-order valence-electron chi connectivity index (χ0n) is 17.2. The van der Waals surface area contributed by atoms with Crippen LogP contribution in [0.4, 0.5) is 13.2 Å². The summed E-state index contributed by atoms with van der Waals surface area (Å²) >= 11 is 6.15. The normalized spacial score (nSPS) is 11.9. The van der Waals surface area contributed by atoms with Crippen LogP contribution < -0.4 is 0 Å². The van der Waals surface area contributed by atoms with Crippen LogP contribution in [0.2, 0.25) is 5.02 Å². The molecule has 3 aromatic rings. The van der Waals surface area contributed by atoms with Gasteiger partial charge in [-0.1, -0.05) is 23.7 Å². The molecule has 31 heavy (non-hydrogen) atoms. The predicted octanol–water partition coefficient (Wildman–Crippen LogP) is 4.64. The highest BCUT2D eigenvalue weighted by atomic mass is 35.5. The maximum absolute atomic E-state index is 13.4. The van der Waals surface area contributed by atoms with Gasteiger partial charge in [0.1, 0.15) is 5.82 Å². The Balaban J connectivity index is 2.32. The summed E-state index contributed by atoms with van der Waals surface area (Å²) < 4.78 is 41.9. The SMILES string of the molecule is Cc1nc(CN(C)C)n(-c2ccc(C(F)(F)F)cc2C(=O)c2ccccc2Cl)c1CO. The number of ketones is 1. The van der Waals surface area contributed by atoms with Crippen molar-refractivity contribution in [2.75, 3.05) is 14.1 Å². The zero-order chi connectivity index (χ0) is 22.9. The molecule has 1 aromatic heterocycles. The van der Waals surface area contributed by atoms with E-state index in [1.54, 1.807) is 23.6 Å². The summed E-state index contributed by atoms with van der Waals surface area (Å²) in [5.74, 6) is -0.169. The minimum absolute atomic E-state index is 0.0845. The van der Waals surface area contributed by atoms with Crippen molar-refractivity contribution in [2.45, 2.75) is 26.3 Å². The smallest absolute Gasteiger partial charge is 0.390 e. The van der Waals surface area contributed by atoms with Crippen molar-refractivity contribution < 1.29 is 23.1 Å². The Hall–Kier alpha value is -2.68. The van der Waals surface area contributed by atoms with Gasteiger partial charge in [-0.25, -0.2) is 4.98 Å². The van der Waals surface area contributed by atoms with Gasteiger partial charge in [0.15, 0.2) is 5.78 Å². The first-order valence-electron chi connectivity index (χ1n) is 9.38. The molecule has 0 aliphatic rings. The van der Waals surface area contributed by atoms with E-state index in [-0.39, 0.29) is 21.8 Å². The number of benzene rings is 2. The molecule has 0 fully saturated rings. The van der Waals surface area contributed by atoms with Crippen molar-refractivity contribution >= 4 is 17.4 Å². The number of aliphatic hydroxyl groups excluding tert-OH is 1. The minimum atomic E-state index is -4.63. The Labute approximate surface area is 182 Å². The first-order chi connectivity index (χ1) is 14.5. The largest absolute Gasteiger partial charge is 0.416 e. The number of aryl methyl sites for hydroxylation is 1. The maximum Gasteiger partial charge on any atom is 0.416 e. The Morgan fingerprint density at radius 2 is 1.84 bits per heavy atom. The van der Waals surface area contributed by atoms with Gasteiger partial charge in [0.25, 0.3) is 0 Å². The van der Waals surface area contributed by atoms with E-state index >= 15 is 0 Å². The molecule has 0 aliphatic carbocycles. The number of nitrogens with zero attached hydrogens (tertiary/aromatic N) is 3. The molecular weight excluding hydrogens is 431 g/mol. The second-order valence-electron chi connectivity index (χ2n) is 7.33. The van der Waals surface area contributed by atoms with Crippen LogP contribution in [0.1, 0.15) is 38.7 Å². The van der Waals surface area contributed by atoms with Gasteiger partial charge in [0.2, 0.25) is 0 Å². The average molecular weight is 452 g/mol. The van der Waals surface area contributed by atoms with Crippen molar-refractivity contribution in [2.24, 2.45) is 0 Å². The Kier molecular flexibility index (Phi) is 6.54. The minimum Gasteiger partial charge on any atom is -0.390 e. The van der Waals surface area contributed by atoms with E-state index in [1.807, 2.05) is 19.0 Å². The Morgan fingerprint density at radius 3 is 2.42 bits per heavy atom. The number of alkyl halides is 3. The van der Waals surface area contributed by atoms with Crippen LogP contribution in [0.25, 0.3) is 5.69 Å². The number of carbonyl (C=O) groups is 1. The standard InChI is InChI=1S/C22H21ClF3N3O2/c1-13-19(12-30)29(20(27-13)11-28(2)3)18-9-8-14(22(24,25)26)10-16(18)21(31)15-6-4-5-7-17(15)23/h4-10,30H,11-12H2,1-3H3. The van der Waals surface area contributed by atoms with Crippen LogP contribution in [0.5, 0.6) is 0 Å². The molecule has 1 N–H and O–H groups in total. The number of imidazole rings is 1. The van der Waals surface area contributed by atoms with Crippen molar-refractivity contribution in [3.8, 4) is 5.69 Å². The molecule has 0 radical (unpaired) electrons. The Morgan fingerprint density at radius 1 is 1.16 bits per heavy atom. The highest BCUT2D eigenvalue weighted by Gasteiger charge is 2.33. The predicted molar refractivity (Wildman–Crippen MR) is 112 cm³/mol. The lowest BCUT2D eigenvalue weighted by Gasteiger charge is -2.19. The van der Waals surface area contributed by atoms with E-state index in [0.29, 0.717) is 23.8 Å². The third-order valence-corrected chi connectivity index (χ3v) is 5.11. The summed E-state index contributed by atoms with van der Waals surface area (Å²) in [5, 5.41) is 10.1. The number of halogens is 4. The van der Waals surface area contributed by atoms with Crippen molar-refractivity contribution in [3.63, 3.8) is 0 Å². The van der Waals surface area contributed by atoms with Crippen molar-refractivity contribution in [1.29, 1.82) is 0 Å². The van der Waals surface area contributed by atoms with E-state index in [0.717, 1.165) is 12.1 Å². The van der Waals surface area contributed by atoms with Crippen LogP contribution in [0, 0.1) is 6.92 Å². The van der Waals surface area contributed by atoms with Crippen LogP contribution in [-0.2, 0) is 19.3 Å². The van der Waals surface area contributed by atoms with Crippen molar-refractivity contribution in [1.82, 2.24) is 14.5 Å². The lowest BCUT2D eigenvalue weighted by atomic mass is 9.98. The molecular formula is C22H21ClF3N3O2. The van der Waals surface area contributed by atoms with E-state index in [1.165, 1.54) is 18.2 Å². The van der Waals surface area contributed by atoms with Gasteiger partial charge in [-0.3, -0.25) is 9.36 Å². The van der Waals surface area contributed by atoms with Gasteiger partial charge in [0, 0.05) is 11.1 Å². The van der Waals surface area contributed by atoms with Crippen LogP contribution >= 0.6 is 11.6 Å². The van der Waals surface area contributed by atoms with E-state index in [9.17, 15) is 23.1 Å². The van der Waals surface area contributed by atoms with Crippen molar-refractivity contribution in [3.05, 3.63) is 81.4 Å². The fourth-order valence-electron chi connectivity index (χ4n) is 3.36. The number of aromatic nitrogens is 2. The number of hydrogen-bond acceptors (Lipinski definition) is 4. The second kappa shape index (κ2) is 8.82.